The molecule has 0 aliphatic carbocycles. The molecule has 0 radical (unpaired) electrons. The van der Waals surface area contributed by atoms with Crippen molar-refractivity contribution in [1.29, 1.82) is 0 Å². The fraction of sp³-hybridized carbons (Fsp3) is 0.111. The monoisotopic (exact) mass is 130 g/mol. The van der Waals surface area contributed by atoms with Crippen LogP contribution in [0.1, 0.15) is 5.56 Å². The third kappa shape index (κ3) is 2.10. The van der Waals surface area contributed by atoms with E-state index in [1.165, 1.54) is 5.56 Å². The van der Waals surface area contributed by atoms with Crippen LogP contribution in [0.15, 0.2) is 36.4 Å². The van der Waals surface area contributed by atoms with Crippen LogP contribution >= 0.6 is 0 Å². The zero-order valence-electron chi connectivity index (χ0n) is 6.25. The molecule has 0 amide bonds. The molecule has 1 aromatic rings. The standard InChI is InChI=1S/C9H11B/c10-8-4-7-9-5-2-1-3-6-9/h1-7H,8,10H2/b7-4+. The minimum absolute atomic E-state index is 1.11. The molecule has 50 valence electrons. The van der Waals surface area contributed by atoms with E-state index in [-0.39, 0.29) is 0 Å². The van der Waals surface area contributed by atoms with E-state index in [1.807, 2.05) is 6.07 Å². The summed E-state index contributed by atoms with van der Waals surface area (Å²) in [5.41, 5.74) is 1.28. The SMILES string of the molecule is BC/C=C/c1ccccc1. The molecular weight excluding hydrogens is 119 g/mol. The first-order chi connectivity index (χ1) is 4.93. The summed E-state index contributed by atoms with van der Waals surface area (Å²) in [6.07, 6.45) is 5.41. The van der Waals surface area contributed by atoms with Gasteiger partial charge in [-0.05, 0) is 5.56 Å². The maximum Gasteiger partial charge on any atom is 0.106 e. The van der Waals surface area contributed by atoms with E-state index in [4.69, 9.17) is 0 Å². The summed E-state index contributed by atoms with van der Waals surface area (Å²) in [6, 6.07) is 10.3. The number of hydrogen-bond donors (Lipinski definition) is 0. The van der Waals surface area contributed by atoms with Gasteiger partial charge in [-0.3, -0.25) is 0 Å². The Morgan fingerprint density at radius 3 is 2.50 bits per heavy atom. The van der Waals surface area contributed by atoms with E-state index in [2.05, 4.69) is 44.3 Å². The van der Waals surface area contributed by atoms with Gasteiger partial charge in [0, 0.05) is 0 Å². The van der Waals surface area contributed by atoms with Crippen LogP contribution < -0.4 is 0 Å². The Labute approximate surface area is 63.0 Å². The lowest BCUT2D eigenvalue weighted by molar-refractivity contribution is 1.64. The van der Waals surface area contributed by atoms with Crippen molar-refractivity contribution in [3.8, 4) is 0 Å². The summed E-state index contributed by atoms with van der Waals surface area (Å²) >= 11 is 0. The summed E-state index contributed by atoms with van der Waals surface area (Å²) in [6.45, 7) is 0. The largest absolute Gasteiger partial charge is 0.106 e. The summed E-state index contributed by atoms with van der Waals surface area (Å²) in [7, 11) is 2.14. The van der Waals surface area contributed by atoms with Gasteiger partial charge < -0.3 is 0 Å². The van der Waals surface area contributed by atoms with Gasteiger partial charge >= 0.3 is 0 Å². The van der Waals surface area contributed by atoms with Gasteiger partial charge in [-0.25, -0.2) is 0 Å². The van der Waals surface area contributed by atoms with Gasteiger partial charge in [0.1, 0.15) is 7.85 Å². The van der Waals surface area contributed by atoms with E-state index >= 15 is 0 Å². The van der Waals surface area contributed by atoms with Crippen molar-refractivity contribution in [3.05, 3.63) is 42.0 Å². The third-order valence-electron chi connectivity index (χ3n) is 1.35. The molecule has 0 unspecified atom stereocenters. The van der Waals surface area contributed by atoms with Gasteiger partial charge in [-0.15, -0.1) is 0 Å². The smallest absolute Gasteiger partial charge is 0.0918 e. The molecule has 10 heavy (non-hydrogen) atoms. The highest BCUT2D eigenvalue weighted by atomic mass is 13.8. The van der Waals surface area contributed by atoms with Crippen LogP contribution in [0.25, 0.3) is 6.08 Å². The summed E-state index contributed by atoms with van der Waals surface area (Å²) in [5.74, 6) is 0. The molecule has 0 heterocycles. The zero-order valence-corrected chi connectivity index (χ0v) is 6.25. The highest BCUT2D eigenvalue weighted by molar-refractivity contribution is 6.09. The number of allylic oxidation sites excluding steroid dienone is 1. The normalized spacial score (nSPS) is 10.4. The molecule has 0 N–H and O–H groups in total. The van der Waals surface area contributed by atoms with Crippen molar-refractivity contribution in [3.63, 3.8) is 0 Å². The predicted octanol–water partition coefficient (Wildman–Crippen LogP) is 1.75. The van der Waals surface area contributed by atoms with E-state index in [0.29, 0.717) is 0 Å². The minimum Gasteiger partial charge on any atom is -0.0918 e. The predicted molar refractivity (Wildman–Crippen MR) is 48.8 cm³/mol. The average molecular weight is 130 g/mol. The second-order valence-electron chi connectivity index (χ2n) is 2.22. The summed E-state index contributed by atoms with van der Waals surface area (Å²) in [4.78, 5) is 0. The first-order valence-corrected chi connectivity index (χ1v) is 3.65. The molecule has 0 bridgehead atoms. The quantitative estimate of drug-likeness (QED) is 0.535. The first kappa shape index (κ1) is 7.14. The van der Waals surface area contributed by atoms with Gasteiger partial charge in [-0.1, -0.05) is 48.8 Å². The van der Waals surface area contributed by atoms with Crippen molar-refractivity contribution in [2.75, 3.05) is 0 Å². The van der Waals surface area contributed by atoms with Gasteiger partial charge in [0.2, 0.25) is 0 Å². The third-order valence-corrected chi connectivity index (χ3v) is 1.35. The Bertz CT molecular complexity index is 201. The molecular formula is C9H11B. The topological polar surface area (TPSA) is 0 Å². The van der Waals surface area contributed by atoms with Crippen LogP contribution in [0.4, 0.5) is 0 Å². The molecule has 0 aromatic heterocycles. The Balaban J connectivity index is 2.67. The molecule has 0 spiro atoms. The van der Waals surface area contributed by atoms with Crippen LogP contribution in [0.5, 0.6) is 0 Å². The fourth-order valence-electron chi connectivity index (χ4n) is 0.818. The Morgan fingerprint density at radius 2 is 1.90 bits per heavy atom. The molecule has 1 aromatic carbocycles. The highest BCUT2D eigenvalue weighted by Gasteiger charge is 1.79. The molecule has 1 heteroatoms. The molecule has 0 aliphatic heterocycles. The van der Waals surface area contributed by atoms with Crippen LogP contribution in [-0.2, 0) is 0 Å². The maximum atomic E-state index is 2.16. The molecule has 0 nitrogen and oxygen atoms in total. The lowest BCUT2D eigenvalue weighted by Crippen LogP contribution is -1.67. The van der Waals surface area contributed by atoms with Crippen LogP contribution in [0.3, 0.4) is 0 Å². The van der Waals surface area contributed by atoms with Crippen molar-refractivity contribution in [2.24, 2.45) is 0 Å². The lowest BCUT2D eigenvalue weighted by atomic mass is 10.0. The van der Waals surface area contributed by atoms with Crippen molar-refractivity contribution in [2.45, 2.75) is 6.32 Å². The molecule has 0 saturated carbocycles. The Morgan fingerprint density at radius 1 is 1.20 bits per heavy atom. The van der Waals surface area contributed by atoms with E-state index in [9.17, 15) is 0 Å². The molecule has 0 aliphatic rings. The zero-order chi connectivity index (χ0) is 7.23. The van der Waals surface area contributed by atoms with Crippen LogP contribution in [0, 0.1) is 0 Å². The summed E-state index contributed by atoms with van der Waals surface area (Å²) < 4.78 is 0. The van der Waals surface area contributed by atoms with E-state index in [0.717, 1.165) is 6.32 Å². The highest BCUT2D eigenvalue weighted by Crippen LogP contribution is 2.00. The van der Waals surface area contributed by atoms with Gasteiger partial charge in [0.15, 0.2) is 0 Å². The lowest BCUT2D eigenvalue weighted by Gasteiger charge is -1.88. The maximum absolute atomic E-state index is 2.16. The molecule has 1 rings (SSSR count). The van der Waals surface area contributed by atoms with Gasteiger partial charge in [0.25, 0.3) is 0 Å². The number of hydrogen-bond acceptors (Lipinski definition) is 0. The average Bonchev–Trinajstić information content (AvgIpc) is 2.03. The van der Waals surface area contributed by atoms with Gasteiger partial charge in [-0.2, -0.15) is 0 Å². The molecule has 0 atom stereocenters. The van der Waals surface area contributed by atoms with Crippen LogP contribution in [-0.4, -0.2) is 7.85 Å². The minimum atomic E-state index is 1.11. The Kier molecular flexibility index (Phi) is 2.81. The second-order valence-corrected chi connectivity index (χ2v) is 2.22. The van der Waals surface area contributed by atoms with Crippen molar-refractivity contribution < 1.29 is 0 Å². The van der Waals surface area contributed by atoms with Crippen molar-refractivity contribution >= 4 is 13.9 Å². The molecule has 0 fully saturated rings. The first-order valence-electron chi connectivity index (χ1n) is 3.65. The Hall–Kier alpha value is -0.975. The fourth-order valence-corrected chi connectivity index (χ4v) is 0.818. The number of rotatable bonds is 2. The van der Waals surface area contributed by atoms with Crippen molar-refractivity contribution in [1.82, 2.24) is 0 Å². The number of benzene rings is 1. The van der Waals surface area contributed by atoms with Gasteiger partial charge in [0.05, 0.1) is 0 Å². The second kappa shape index (κ2) is 3.94. The summed E-state index contributed by atoms with van der Waals surface area (Å²) in [5, 5.41) is 0. The van der Waals surface area contributed by atoms with Crippen LogP contribution in [0.2, 0.25) is 6.32 Å². The van der Waals surface area contributed by atoms with E-state index in [1.54, 1.807) is 0 Å². The molecule has 0 saturated heterocycles. The van der Waals surface area contributed by atoms with E-state index < -0.39 is 0 Å².